The number of amides is 4. The van der Waals surface area contributed by atoms with Crippen molar-refractivity contribution in [2.45, 2.75) is 32.6 Å². The molecular weight excluding hydrogens is 486 g/mol. The maximum atomic E-state index is 12.7. The third-order valence-corrected chi connectivity index (χ3v) is 6.60. The van der Waals surface area contributed by atoms with E-state index >= 15 is 0 Å². The van der Waals surface area contributed by atoms with Crippen LogP contribution in [0.3, 0.4) is 0 Å². The Morgan fingerprint density at radius 3 is 2.34 bits per heavy atom. The second kappa shape index (κ2) is 11.6. The first-order valence-electron chi connectivity index (χ1n) is 11.2. The summed E-state index contributed by atoms with van der Waals surface area (Å²) in [5, 5.41) is 5.28. The average Bonchev–Trinajstić information content (AvgIpc) is 3.06. The van der Waals surface area contributed by atoms with E-state index in [1.54, 1.807) is 30.3 Å². The first kappa shape index (κ1) is 26.5. The number of hydrogen-bond acceptors (Lipinski definition) is 5. The first-order chi connectivity index (χ1) is 16.6. The molecule has 1 aliphatic heterocycles. The van der Waals surface area contributed by atoms with Gasteiger partial charge in [0.05, 0.1) is 15.5 Å². The van der Waals surface area contributed by atoms with Crippen molar-refractivity contribution in [2.75, 3.05) is 19.6 Å². The maximum Gasteiger partial charge on any atom is 0.293 e. The monoisotopic (exact) mass is 513 g/mol. The number of nitrogens with one attached hydrogen (secondary N) is 2. The summed E-state index contributed by atoms with van der Waals surface area (Å²) in [5.41, 5.74) is 2.40. The number of thioether (sulfide) groups is 1. The van der Waals surface area contributed by atoms with Gasteiger partial charge in [0.1, 0.15) is 0 Å². The number of hydrogen-bond donors (Lipinski definition) is 2. The van der Waals surface area contributed by atoms with E-state index in [0.717, 1.165) is 22.2 Å². The van der Waals surface area contributed by atoms with Crippen molar-refractivity contribution in [3.63, 3.8) is 0 Å². The van der Waals surface area contributed by atoms with Gasteiger partial charge in [-0.05, 0) is 46.5 Å². The fourth-order valence-corrected chi connectivity index (χ4v) is 4.44. The van der Waals surface area contributed by atoms with Gasteiger partial charge in [0.2, 0.25) is 5.91 Å². The minimum atomic E-state index is -0.374. The van der Waals surface area contributed by atoms with Crippen LogP contribution in [0, 0.1) is 0 Å². The molecule has 0 saturated carbocycles. The molecule has 0 unspecified atom stereocenters. The highest BCUT2D eigenvalue weighted by atomic mass is 35.5. The molecular formula is C26H28ClN3O4S. The van der Waals surface area contributed by atoms with E-state index in [1.807, 2.05) is 24.3 Å². The van der Waals surface area contributed by atoms with Gasteiger partial charge in [-0.15, -0.1) is 0 Å². The molecule has 35 heavy (non-hydrogen) atoms. The van der Waals surface area contributed by atoms with E-state index < -0.39 is 0 Å². The van der Waals surface area contributed by atoms with Crippen LogP contribution in [0.1, 0.15) is 48.7 Å². The lowest BCUT2D eigenvalue weighted by Crippen LogP contribution is -2.38. The summed E-state index contributed by atoms with van der Waals surface area (Å²) in [6.07, 6.45) is 1.76. The van der Waals surface area contributed by atoms with Crippen molar-refractivity contribution in [2.24, 2.45) is 0 Å². The molecule has 0 aliphatic carbocycles. The standard InChI is InChI=1S/C26H28ClN3O4S/c1-26(2,3)18-10-8-17(9-11-18)16-21-24(33)30(25(34)35-21)15-14-28-22(31)12-13-29-23(32)19-6-4-5-7-20(19)27/h4-11,16H,12-15H2,1-3H3,(H,28,31)(H,29,32). The molecule has 0 radical (unpaired) electrons. The normalized spacial score (nSPS) is 15.0. The Balaban J connectivity index is 1.44. The predicted molar refractivity (Wildman–Crippen MR) is 139 cm³/mol. The summed E-state index contributed by atoms with van der Waals surface area (Å²) >= 11 is 6.88. The van der Waals surface area contributed by atoms with Crippen LogP contribution in [0.5, 0.6) is 0 Å². The number of carbonyl (C=O) groups excluding carboxylic acids is 4. The average molecular weight is 514 g/mol. The highest BCUT2D eigenvalue weighted by molar-refractivity contribution is 8.18. The second-order valence-electron chi connectivity index (χ2n) is 9.04. The number of halogens is 1. The van der Waals surface area contributed by atoms with Gasteiger partial charge >= 0.3 is 0 Å². The molecule has 0 aromatic heterocycles. The summed E-state index contributed by atoms with van der Waals surface area (Å²) in [4.78, 5) is 50.7. The van der Waals surface area contributed by atoms with Crippen LogP contribution in [0.2, 0.25) is 5.02 Å². The Kier molecular flexibility index (Phi) is 8.75. The van der Waals surface area contributed by atoms with Crippen molar-refractivity contribution in [1.29, 1.82) is 0 Å². The largest absolute Gasteiger partial charge is 0.354 e. The third kappa shape index (κ3) is 7.19. The van der Waals surface area contributed by atoms with E-state index in [1.165, 1.54) is 5.56 Å². The molecule has 1 fully saturated rings. The number of benzene rings is 2. The van der Waals surface area contributed by atoms with Crippen LogP contribution in [0.4, 0.5) is 4.79 Å². The molecule has 4 amide bonds. The third-order valence-electron chi connectivity index (χ3n) is 5.36. The van der Waals surface area contributed by atoms with Gasteiger partial charge in [0.15, 0.2) is 0 Å². The maximum absolute atomic E-state index is 12.7. The Morgan fingerprint density at radius 1 is 1.00 bits per heavy atom. The molecule has 184 valence electrons. The van der Waals surface area contributed by atoms with Gasteiger partial charge in [0, 0.05) is 26.1 Å². The van der Waals surface area contributed by atoms with Crippen molar-refractivity contribution < 1.29 is 19.2 Å². The summed E-state index contributed by atoms with van der Waals surface area (Å²) in [5.74, 6) is -1.03. The molecule has 3 rings (SSSR count). The van der Waals surface area contributed by atoms with E-state index in [4.69, 9.17) is 11.6 Å². The molecule has 2 aromatic rings. The van der Waals surface area contributed by atoms with E-state index in [0.29, 0.717) is 15.5 Å². The summed E-state index contributed by atoms with van der Waals surface area (Å²) in [7, 11) is 0. The van der Waals surface area contributed by atoms with Crippen LogP contribution in [0.25, 0.3) is 6.08 Å². The molecule has 2 aromatic carbocycles. The van der Waals surface area contributed by atoms with Crippen molar-refractivity contribution in [3.8, 4) is 0 Å². The van der Waals surface area contributed by atoms with Gasteiger partial charge in [0.25, 0.3) is 17.1 Å². The topological polar surface area (TPSA) is 95.6 Å². The molecule has 0 atom stereocenters. The van der Waals surface area contributed by atoms with E-state index in [2.05, 4.69) is 31.4 Å². The van der Waals surface area contributed by atoms with Crippen molar-refractivity contribution in [1.82, 2.24) is 15.5 Å². The van der Waals surface area contributed by atoms with Crippen LogP contribution >= 0.6 is 23.4 Å². The van der Waals surface area contributed by atoms with Gasteiger partial charge in [-0.25, -0.2) is 0 Å². The molecule has 9 heteroatoms. The zero-order valence-corrected chi connectivity index (χ0v) is 21.5. The van der Waals surface area contributed by atoms with Crippen LogP contribution in [-0.2, 0) is 15.0 Å². The smallest absolute Gasteiger partial charge is 0.293 e. The minimum absolute atomic E-state index is 0.0298. The summed E-state index contributed by atoms with van der Waals surface area (Å²) in [6.45, 7) is 6.72. The van der Waals surface area contributed by atoms with Gasteiger partial charge in [-0.1, -0.05) is 68.8 Å². The fourth-order valence-electron chi connectivity index (χ4n) is 3.35. The Labute approximate surface area is 214 Å². The molecule has 0 bridgehead atoms. The minimum Gasteiger partial charge on any atom is -0.354 e. The van der Waals surface area contributed by atoms with E-state index in [-0.39, 0.29) is 54.4 Å². The van der Waals surface area contributed by atoms with E-state index in [9.17, 15) is 19.2 Å². The highest BCUT2D eigenvalue weighted by Crippen LogP contribution is 2.32. The first-order valence-corrected chi connectivity index (χ1v) is 12.4. The van der Waals surface area contributed by atoms with Gasteiger partial charge in [-0.3, -0.25) is 24.1 Å². The lowest BCUT2D eigenvalue weighted by atomic mass is 9.87. The molecule has 0 spiro atoms. The summed E-state index contributed by atoms with van der Waals surface area (Å²) in [6, 6.07) is 14.5. The lowest BCUT2D eigenvalue weighted by Gasteiger charge is -2.18. The molecule has 1 saturated heterocycles. The van der Waals surface area contributed by atoms with Gasteiger partial charge < -0.3 is 10.6 Å². The number of nitrogens with zero attached hydrogens (tertiary/aromatic N) is 1. The SMILES string of the molecule is CC(C)(C)c1ccc(C=C2SC(=O)N(CCNC(=O)CCNC(=O)c3ccccc3Cl)C2=O)cc1. The van der Waals surface area contributed by atoms with Crippen molar-refractivity contribution in [3.05, 3.63) is 75.1 Å². The fraction of sp³-hybridized carbons (Fsp3) is 0.308. The quantitative estimate of drug-likeness (QED) is 0.502. The Hall–Kier alpha value is -3.10. The number of imide groups is 1. The van der Waals surface area contributed by atoms with Gasteiger partial charge in [-0.2, -0.15) is 0 Å². The van der Waals surface area contributed by atoms with Crippen LogP contribution < -0.4 is 10.6 Å². The Bertz CT molecular complexity index is 1160. The molecule has 1 heterocycles. The Morgan fingerprint density at radius 2 is 1.69 bits per heavy atom. The highest BCUT2D eigenvalue weighted by Gasteiger charge is 2.34. The lowest BCUT2D eigenvalue weighted by molar-refractivity contribution is -0.124. The molecule has 2 N–H and O–H groups in total. The number of carbonyl (C=O) groups is 4. The molecule has 1 aliphatic rings. The zero-order chi connectivity index (χ0) is 25.6. The zero-order valence-electron chi connectivity index (χ0n) is 19.9. The predicted octanol–water partition coefficient (Wildman–Crippen LogP) is 4.61. The molecule has 7 nitrogen and oxygen atoms in total. The number of rotatable bonds is 8. The van der Waals surface area contributed by atoms with Crippen LogP contribution in [-0.4, -0.2) is 47.5 Å². The van der Waals surface area contributed by atoms with Crippen molar-refractivity contribution >= 4 is 52.4 Å². The summed E-state index contributed by atoms with van der Waals surface area (Å²) < 4.78 is 0. The van der Waals surface area contributed by atoms with Crippen LogP contribution in [0.15, 0.2) is 53.4 Å². The second-order valence-corrected chi connectivity index (χ2v) is 10.4.